The Morgan fingerprint density at radius 1 is 1.09 bits per heavy atom. The van der Waals surface area contributed by atoms with Crippen molar-refractivity contribution < 1.29 is 32.3 Å². The SMILES string of the molecule is CC[C@@H](NC(=O)C(CC(=O)N1CCOCC1)CS(C)(=O)=O)C(=O)C(=O)NCc1ccccc1. The van der Waals surface area contributed by atoms with Gasteiger partial charge in [0.1, 0.15) is 9.84 Å². The molecule has 1 aromatic carbocycles. The Balaban J connectivity index is 2.01. The van der Waals surface area contributed by atoms with E-state index in [1.54, 1.807) is 31.2 Å². The largest absolute Gasteiger partial charge is 0.378 e. The average Bonchev–Trinajstić information content (AvgIpc) is 2.80. The quantitative estimate of drug-likeness (QED) is 0.413. The summed E-state index contributed by atoms with van der Waals surface area (Å²) in [6, 6.07) is 7.90. The maximum atomic E-state index is 12.9. The van der Waals surface area contributed by atoms with Gasteiger partial charge in [-0.3, -0.25) is 19.2 Å². The van der Waals surface area contributed by atoms with Crippen LogP contribution in [0.2, 0.25) is 0 Å². The van der Waals surface area contributed by atoms with Gasteiger partial charge in [0, 0.05) is 32.3 Å². The third-order valence-electron chi connectivity index (χ3n) is 5.22. The standard InChI is InChI=1S/C22H31N3O7S/c1-3-18(20(27)22(29)23-14-16-7-5-4-6-8-16)24-21(28)17(15-33(2,30)31)13-19(26)25-9-11-32-12-10-25/h4-8,17-18H,3,9-15H2,1-2H3,(H,23,29)(H,24,28)/t17?,18-/m1/s1. The summed E-state index contributed by atoms with van der Waals surface area (Å²) < 4.78 is 28.9. The predicted molar refractivity (Wildman–Crippen MR) is 121 cm³/mol. The lowest BCUT2D eigenvalue weighted by Gasteiger charge is -2.28. The molecule has 33 heavy (non-hydrogen) atoms. The Morgan fingerprint density at radius 3 is 2.30 bits per heavy atom. The van der Waals surface area contributed by atoms with Crippen LogP contribution in [0.4, 0.5) is 0 Å². The van der Waals surface area contributed by atoms with Gasteiger partial charge in [0.2, 0.25) is 17.6 Å². The molecular weight excluding hydrogens is 450 g/mol. The zero-order valence-corrected chi connectivity index (χ0v) is 19.7. The fourth-order valence-electron chi connectivity index (χ4n) is 3.41. The molecule has 0 bridgehead atoms. The van der Waals surface area contributed by atoms with Crippen LogP contribution in [0.25, 0.3) is 0 Å². The van der Waals surface area contributed by atoms with Crippen molar-refractivity contribution in [3.05, 3.63) is 35.9 Å². The molecule has 2 atom stereocenters. The highest BCUT2D eigenvalue weighted by Crippen LogP contribution is 2.12. The van der Waals surface area contributed by atoms with Gasteiger partial charge < -0.3 is 20.3 Å². The number of carbonyl (C=O) groups excluding carboxylic acids is 4. The van der Waals surface area contributed by atoms with E-state index in [1.807, 2.05) is 6.07 Å². The van der Waals surface area contributed by atoms with E-state index >= 15 is 0 Å². The van der Waals surface area contributed by atoms with Crippen LogP contribution >= 0.6 is 0 Å². The van der Waals surface area contributed by atoms with E-state index < -0.39 is 45.1 Å². The lowest BCUT2D eigenvalue weighted by molar-refractivity contribution is -0.141. The van der Waals surface area contributed by atoms with Crippen molar-refractivity contribution in [1.29, 1.82) is 0 Å². The number of amides is 3. The summed E-state index contributed by atoms with van der Waals surface area (Å²) in [5.41, 5.74) is 0.811. The van der Waals surface area contributed by atoms with Gasteiger partial charge in [-0.2, -0.15) is 0 Å². The summed E-state index contributed by atoms with van der Waals surface area (Å²) in [5.74, 6) is -4.51. The first-order valence-corrected chi connectivity index (χ1v) is 12.9. The number of ketones is 1. The molecular formula is C22H31N3O7S. The number of nitrogens with zero attached hydrogens (tertiary/aromatic N) is 1. The number of hydrogen-bond donors (Lipinski definition) is 2. The van der Waals surface area contributed by atoms with Crippen LogP contribution < -0.4 is 10.6 Å². The third-order valence-corrected chi connectivity index (χ3v) is 6.23. The van der Waals surface area contributed by atoms with E-state index in [2.05, 4.69) is 10.6 Å². The zero-order chi connectivity index (χ0) is 24.4. The van der Waals surface area contributed by atoms with Gasteiger partial charge in [-0.05, 0) is 12.0 Å². The molecule has 0 aliphatic carbocycles. The van der Waals surface area contributed by atoms with Crippen LogP contribution in [-0.4, -0.2) is 81.2 Å². The number of benzene rings is 1. The van der Waals surface area contributed by atoms with Crippen molar-refractivity contribution in [1.82, 2.24) is 15.5 Å². The van der Waals surface area contributed by atoms with E-state index in [-0.39, 0.29) is 25.3 Å². The number of ether oxygens (including phenoxy) is 1. The summed E-state index contributed by atoms with van der Waals surface area (Å²) in [5, 5.41) is 4.99. The van der Waals surface area contributed by atoms with Gasteiger partial charge in [-0.15, -0.1) is 0 Å². The maximum Gasteiger partial charge on any atom is 0.289 e. The maximum absolute atomic E-state index is 12.9. The molecule has 0 spiro atoms. The Bertz CT molecular complexity index is 944. The normalized spacial score (nSPS) is 15.9. The van der Waals surface area contributed by atoms with Crippen molar-refractivity contribution in [2.45, 2.75) is 32.4 Å². The molecule has 1 aromatic rings. The smallest absolute Gasteiger partial charge is 0.289 e. The minimum atomic E-state index is -3.58. The van der Waals surface area contributed by atoms with Crippen molar-refractivity contribution in [3.8, 4) is 0 Å². The third kappa shape index (κ3) is 8.93. The second kappa shape index (κ2) is 12.4. The first kappa shape index (κ1) is 26.5. The van der Waals surface area contributed by atoms with Crippen LogP contribution in [0.3, 0.4) is 0 Å². The molecule has 0 aromatic heterocycles. The van der Waals surface area contributed by atoms with E-state index in [0.29, 0.717) is 26.3 Å². The average molecular weight is 482 g/mol. The Morgan fingerprint density at radius 2 is 1.73 bits per heavy atom. The first-order chi connectivity index (χ1) is 15.6. The molecule has 0 radical (unpaired) electrons. The van der Waals surface area contributed by atoms with Crippen molar-refractivity contribution in [2.24, 2.45) is 5.92 Å². The fourth-order valence-corrected chi connectivity index (χ4v) is 4.41. The molecule has 1 fully saturated rings. The van der Waals surface area contributed by atoms with Gasteiger partial charge in [-0.25, -0.2) is 8.42 Å². The lowest BCUT2D eigenvalue weighted by atomic mass is 10.0. The first-order valence-electron chi connectivity index (χ1n) is 10.8. The van der Waals surface area contributed by atoms with Gasteiger partial charge in [-0.1, -0.05) is 37.3 Å². The molecule has 1 saturated heterocycles. The minimum absolute atomic E-state index is 0.131. The predicted octanol–water partition coefficient (Wildman–Crippen LogP) is -0.324. The van der Waals surface area contributed by atoms with Crippen molar-refractivity contribution in [2.75, 3.05) is 38.3 Å². The van der Waals surface area contributed by atoms with Gasteiger partial charge >= 0.3 is 0 Å². The van der Waals surface area contributed by atoms with E-state index in [4.69, 9.17) is 4.74 Å². The van der Waals surface area contributed by atoms with Crippen LogP contribution in [0.15, 0.2) is 30.3 Å². The molecule has 1 aliphatic heterocycles. The molecule has 1 heterocycles. The Hall–Kier alpha value is -2.79. The summed E-state index contributed by atoms with van der Waals surface area (Å²) in [6.45, 7) is 3.25. The highest BCUT2D eigenvalue weighted by atomic mass is 32.2. The minimum Gasteiger partial charge on any atom is -0.378 e. The molecule has 2 N–H and O–H groups in total. The van der Waals surface area contributed by atoms with E-state index in [0.717, 1.165) is 11.8 Å². The van der Waals surface area contributed by atoms with E-state index in [1.165, 1.54) is 4.90 Å². The molecule has 10 nitrogen and oxygen atoms in total. The molecule has 2 rings (SSSR count). The van der Waals surface area contributed by atoms with Crippen LogP contribution in [0, 0.1) is 5.92 Å². The zero-order valence-electron chi connectivity index (χ0n) is 18.9. The number of nitrogens with one attached hydrogen (secondary N) is 2. The summed E-state index contributed by atoms with van der Waals surface area (Å²) >= 11 is 0. The molecule has 1 aliphatic rings. The van der Waals surface area contributed by atoms with Gasteiger partial charge in [0.25, 0.3) is 5.91 Å². The fraction of sp³-hybridized carbons (Fsp3) is 0.545. The van der Waals surface area contributed by atoms with E-state index in [9.17, 15) is 27.6 Å². The lowest BCUT2D eigenvalue weighted by Crippen LogP contribution is -2.50. The van der Waals surface area contributed by atoms with Crippen LogP contribution in [0.5, 0.6) is 0 Å². The highest BCUT2D eigenvalue weighted by molar-refractivity contribution is 7.90. The van der Waals surface area contributed by atoms with Gasteiger partial charge in [0.05, 0.1) is 30.9 Å². The second-order valence-electron chi connectivity index (χ2n) is 7.99. The number of carbonyl (C=O) groups is 4. The Labute approximate surface area is 194 Å². The molecule has 0 saturated carbocycles. The van der Waals surface area contributed by atoms with Crippen molar-refractivity contribution >= 4 is 33.3 Å². The number of Topliss-reactive ketones (excluding diaryl/α,β-unsaturated/α-hetero) is 1. The molecule has 182 valence electrons. The number of rotatable bonds is 11. The summed E-state index contributed by atoms with van der Waals surface area (Å²) in [6.07, 6.45) is 0.794. The number of hydrogen-bond acceptors (Lipinski definition) is 7. The molecule has 3 amide bonds. The van der Waals surface area contributed by atoms with Crippen molar-refractivity contribution in [3.63, 3.8) is 0 Å². The number of morpholine rings is 1. The van der Waals surface area contributed by atoms with Crippen LogP contribution in [-0.2, 0) is 40.3 Å². The highest BCUT2D eigenvalue weighted by Gasteiger charge is 2.32. The number of sulfone groups is 1. The topological polar surface area (TPSA) is 139 Å². The Kier molecular flexibility index (Phi) is 9.98. The van der Waals surface area contributed by atoms with Gasteiger partial charge in [0.15, 0.2) is 0 Å². The summed E-state index contributed by atoms with van der Waals surface area (Å²) in [4.78, 5) is 51.8. The summed E-state index contributed by atoms with van der Waals surface area (Å²) in [7, 11) is -3.58. The molecule has 1 unspecified atom stereocenters. The van der Waals surface area contributed by atoms with Crippen LogP contribution in [0.1, 0.15) is 25.3 Å². The monoisotopic (exact) mass is 481 g/mol. The molecule has 11 heteroatoms. The second-order valence-corrected chi connectivity index (χ2v) is 10.2.